The molecular weight excluding hydrogens is 360 g/mol. The van der Waals surface area contributed by atoms with Gasteiger partial charge in [-0.25, -0.2) is 4.79 Å². The van der Waals surface area contributed by atoms with Crippen LogP contribution in [-0.4, -0.2) is 19.0 Å². The topological polar surface area (TPSA) is 90.1 Å². The molecule has 0 fully saturated rings. The Kier molecular flexibility index (Phi) is 5.74. The van der Waals surface area contributed by atoms with Crippen molar-refractivity contribution in [3.63, 3.8) is 0 Å². The summed E-state index contributed by atoms with van der Waals surface area (Å²) in [5.41, 5.74) is 1.11. The van der Waals surface area contributed by atoms with E-state index in [1.54, 1.807) is 63.4 Å². The number of ether oxygens (including phenoxy) is 1. The Bertz CT molecular complexity index is 1090. The Morgan fingerprint density at radius 1 is 1.07 bits per heavy atom. The van der Waals surface area contributed by atoms with E-state index in [0.29, 0.717) is 22.4 Å². The van der Waals surface area contributed by atoms with Gasteiger partial charge in [-0.15, -0.1) is 0 Å². The van der Waals surface area contributed by atoms with E-state index < -0.39 is 11.9 Å². The van der Waals surface area contributed by atoms with Gasteiger partial charge in [-0.05, 0) is 29.4 Å². The molecule has 1 heterocycles. The van der Waals surface area contributed by atoms with Crippen molar-refractivity contribution in [2.75, 3.05) is 12.4 Å². The van der Waals surface area contributed by atoms with E-state index in [1.807, 2.05) is 12.1 Å². The lowest BCUT2D eigenvalue weighted by Gasteiger charge is -2.08. The molecular formula is C21H20N2O5. The highest BCUT2D eigenvalue weighted by atomic mass is 16.7. The van der Waals surface area contributed by atoms with Crippen molar-refractivity contribution in [1.82, 2.24) is 0 Å². The average Bonchev–Trinajstić information content (AvgIpc) is 2.71. The lowest BCUT2D eigenvalue weighted by Crippen LogP contribution is -2.23. The van der Waals surface area contributed by atoms with Crippen LogP contribution in [0.3, 0.4) is 0 Å². The van der Waals surface area contributed by atoms with Crippen LogP contribution in [0, 0.1) is 5.92 Å². The van der Waals surface area contributed by atoms with Crippen LogP contribution < -0.4 is 15.6 Å². The molecule has 0 radical (unpaired) electrons. The van der Waals surface area contributed by atoms with Crippen LogP contribution in [0.15, 0.2) is 64.2 Å². The number of methoxy groups -OCH3 is 1. The van der Waals surface area contributed by atoms with Gasteiger partial charge in [0.25, 0.3) is 11.5 Å². The predicted molar refractivity (Wildman–Crippen MR) is 104 cm³/mol. The first-order chi connectivity index (χ1) is 13.5. The van der Waals surface area contributed by atoms with E-state index in [9.17, 15) is 9.59 Å². The van der Waals surface area contributed by atoms with Crippen molar-refractivity contribution in [2.24, 2.45) is 11.1 Å². The number of anilines is 1. The molecule has 0 aliphatic heterocycles. The summed E-state index contributed by atoms with van der Waals surface area (Å²) in [4.78, 5) is 29.5. The summed E-state index contributed by atoms with van der Waals surface area (Å²) in [6, 6.07) is 15.8. The van der Waals surface area contributed by atoms with Gasteiger partial charge in [0, 0.05) is 17.1 Å². The number of rotatable bonds is 5. The second-order valence-corrected chi connectivity index (χ2v) is 6.35. The van der Waals surface area contributed by atoms with E-state index in [-0.39, 0.29) is 17.0 Å². The van der Waals surface area contributed by atoms with Crippen molar-refractivity contribution in [3.05, 3.63) is 65.7 Å². The SMILES string of the molecule is COc1cccc(NC(=O)c2cc3ccccc3o/c2=N/OC(=O)C(C)C)c1. The third-order valence-corrected chi connectivity index (χ3v) is 3.92. The van der Waals surface area contributed by atoms with E-state index in [2.05, 4.69) is 10.5 Å². The lowest BCUT2D eigenvalue weighted by atomic mass is 10.1. The second kappa shape index (κ2) is 8.39. The monoisotopic (exact) mass is 380 g/mol. The first kappa shape index (κ1) is 19.2. The zero-order valence-electron chi connectivity index (χ0n) is 15.8. The highest BCUT2D eigenvalue weighted by molar-refractivity contribution is 6.05. The van der Waals surface area contributed by atoms with Gasteiger partial charge in [0.05, 0.1) is 13.0 Å². The Hall–Kier alpha value is -3.61. The first-order valence-corrected chi connectivity index (χ1v) is 8.71. The van der Waals surface area contributed by atoms with Crippen molar-refractivity contribution in [2.45, 2.75) is 13.8 Å². The summed E-state index contributed by atoms with van der Waals surface area (Å²) in [7, 11) is 1.54. The van der Waals surface area contributed by atoms with Gasteiger partial charge in [0.15, 0.2) is 0 Å². The number of hydrogen-bond acceptors (Lipinski definition) is 6. The Morgan fingerprint density at radius 3 is 2.61 bits per heavy atom. The number of fused-ring (bicyclic) bond motifs is 1. The van der Waals surface area contributed by atoms with Crippen LogP contribution in [0.5, 0.6) is 5.75 Å². The molecule has 0 bridgehead atoms. The lowest BCUT2D eigenvalue weighted by molar-refractivity contribution is -0.148. The van der Waals surface area contributed by atoms with Gasteiger partial charge < -0.3 is 19.3 Å². The zero-order chi connectivity index (χ0) is 20.1. The molecule has 0 aliphatic carbocycles. The molecule has 0 spiro atoms. The normalized spacial score (nSPS) is 11.5. The number of hydrogen-bond donors (Lipinski definition) is 1. The minimum absolute atomic E-state index is 0.0897. The number of nitrogens with one attached hydrogen (secondary N) is 1. The third kappa shape index (κ3) is 4.37. The number of benzene rings is 2. The fraction of sp³-hybridized carbons (Fsp3) is 0.190. The van der Waals surface area contributed by atoms with Gasteiger partial charge in [-0.2, -0.15) is 0 Å². The number of nitrogens with zero attached hydrogens (tertiary/aromatic N) is 1. The van der Waals surface area contributed by atoms with Crippen molar-refractivity contribution in [1.29, 1.82) is 0 Å². The van der Waals surface area contributed by atoms with Gasteiger partial charge in [-0.1, -0.05) is 38.1 Å². The molecule has 0 aliphatic rings. The van der Waals surface area contributed by atoms with Crippen LogP contribution in [0.25, 0.3) is 11.0 Å². The molecule has 1 amide bonds. The first-order valence-electron chi connectivity index (χ1n) is 8.71. The molecule has 7 nitrogen and oxygen atoms in total. The molecule has 28 heavy (non-hydrogen) atoms. The van der Waals surface area contributed by atoms with Gasteiger partial charge >= 0.3 is 5.97 Å². The molecule has 1 aromatic heterocycles. The number of carbonyl (C=O) groups excluding carboxylic acids is 2. The van der Waals surface area contributed by atoms with Crippen LogP contribution >= 0.6 is 0 Å². The molecule has 7 heteroatoms. The summed E-state index contributed by atoms with van der Waals surface area (Å²) in [6.07, 6.45) is 0. The number of carbonyl (C=O) groups is 2. The molecule has 0 unspecified atom stereocenters. The maximum Gasteiger partial charge on any atom is 0.337 e. The van der Waals surface area contributed by atoms with Crippen LogP contribution in [0.4, 0.5) is 5.69 Å². The largest absolute Gasteiger partial charge is 0.497 e. The molecule has 0 saturated heterocycles. The van der Waals surface area contributed by atoms with Crippen LogP contribution in [-0.2, 0) is 9.63 Å². The average molecular weight is 380 g/mol. The highest BCUT2D eigenvalue weighted by Gasteiger charge is 2.15. The van der Waals surface area contributed by atoms with Crippen molar-refractivity contribution in [3.8, 4) is 5.75 Å². The quantitative estimate of drug-likeness (QED) is 0.538. The highest BCUT2D eigenvalue weighted by Crippen LogP contribution is 2.18. The minimum Gasteiger partial charge on any atom is -0.497 e. The Morgan fingerprint density at radius 2 is 1.86 bits per heavy atom. The Balaban J connectivity index is 2.01. The predicted octanol–water partition coefficient (Wildman–Crippen LogP) is 3.71. The van der Waals surface area contributed by atoms with Crippen LogP contribution in [0.2, 0.25) is 0 Å². The van der Waals surface area contributed by atoms with Crippen LogP contribution in [0.1, 0.15) is 24.2 Å². The van der Waals surface area contributed by atoms with E-state index in [1.165, 1.54) is 0 Å². The Labute approximate surface area is 161 Å². The van der Waals surface area contributed by atoms with Crippen molar-refractivity contribution >= 4 is 28.5 Å². The summed E-state index contributed by atoms with van der Waals surface area (Å²) in [5.74, 6) is -0.736. The molecule has 1 N–H and O–H groups in total. The fourth-order valence-electron chi connectivity index (χ4n) is 2.39. The fourth-order valence-corrected chi connectivity index (χ4v) is 2.39. The van der Waals surface area contributed by atoms with E-state index in [4.69, 9.17) is 14.0 Å². The van der Waals surface area contributed by atoms with Crippen molar-refractivity contribution < 1.29 is 23.6 Å². The molecule has 0 atom stereocenters. The van der Waals surface area contributed by atoms with E-state index >= 15 is 0 Å². The molecule has 144 valence electrons. The minimum atomic E-state index is -0.525. The summed E-state index contributed by atoms with van der Waals surface area (Å²) in [6.45, 7) is 3.37. The number of para-hydroxylation sites is 1. The molecule has 0 saturated carbocycles. The third-order valence-electron chi connectivity index (χ3n) is 3.92. The van der Waals surface area contributed by atoms with Gasteiger partial charge in [0.1, 0.15) is 16.9 Å². The molecule has 3 rings (SSSR count). The molecule has 3 aromatic rings. The second-order valence-electron chi connectivity index (χ2n) is 6.35. The number of amides is 1. The van der Waals surface area contributed by atoms with Gasteiger partial charge in [-0.3, -0.25) is 4.79 Å². The smallest absolute Gasteiger partial charge is 0.337 e. The summed E-state index contributed by atoms with van der Waals surface area (Å²) >= 11 is 0. The maximum atomic E-state index is 12.8. The van der Waals surface area contributed by atoms with Gasteiger partial charge in [0.2, 0.25) is 0 Å². The zero-order valence-corrected chi connectivity index (χ0v) is 15.8. The van der Waals surface area contributed by atoms with E-state index in [0.717, 1.165) is 0 Å². The summed E-state index contributed by atoms with van der Waals surface area (Å²) in [5, 5.41) is 7.26. The molecule has 2 aromatic carbocycles. The maximum absolute atomic E-state index is 12.8. The standard InChI is InChI=1S/C21H20N2O5/c1-13(2)21(25)28-23-20-17(11-14-7-4-5-10-18(14)27-20)19(24)22-15-8-6-9-16(12-15)26-3/h4-13H,1-3H3,(H,22,24)/b23-20+. The summed E-state index contributed by atoms with van der Waals surface area (Å²) < 4.78 is 10.9.